The van der Waals surface area contributed by atoms with Crippen molar-refractivity contribution in [1.82, 2.24) is 14.8 Å². The van der Waals surface area contributed by atoms with Crippen LogP contribution in [0.25, 0.3) is 0 Å². The normalized spacial score (nSPS) is 10.7. The van der Waals surface area contributed by atoms with Crippen LogP contribution in [0.1, 0.15) is 5.56 Å². The molecule has 0 saturated heterocycles. The lowest BCUT2D eigenvalue weighted by molar-refractivity contribution is -0.113. The monoisotopic (exact) mass is 422 g/mol. The lowest BCUT2D eigenvalue weighted by Gasteiger charge is -2.08. The average molecular weight is 423 g/mol. The number of H-pyrrole nitrogens is 1. The van der Waals surface area contributed by atoms with Crippen molar-refractivity contribution < 1.29 is 4.79 Å². The third-order valence-corrected chi connectivity index (χ3v) is 5.27. The predicted octanol–water partition coefficient (Wildman–Crippen LogP) is 3.85. The minimum Gasteiger partial charge on any atom is -0.324 e. The van der Waals surface area contributed by atoms with Crippen LogP contribution in [-0.2, 0) is 17.8 Å². The Morgan fingerprint density at radius 1 is 1.19 bits per heavy atom. The molecule has 0 saturated carbocycles. The number of hydrogen-bond acceptors (Lipinski definition) is 4. The fourth-order valence-corrected chi connectivity index (χ4v) is 3.52. The molecule has 0 atom stereocenters. The molecule has 1 amide bonds. The number of carbonyl (C=O) groups is 1. The molecule has 140 valence electrons. The summed E-state index contributed by atoms with van der Waals surface area (Å²) in [6.45, 7) is 0.476. The second-order valence-corrected chi connectivity index (χ2v) is 7.45. The SMILES string of the molecule is O=C(CSc1n[nH]c(=O)n1CCc1ccccc1)Nc1cc(Cl)ccc1Cl. The largest absolute Gasteiger partial charge is 0.343 e. The Morgan fingerprint density at radius 2 is 1.96 bits per heavy atom. The van der Waals surface area contributed by atoms with Crippen LogP contribution in [0.15, 0.2) is 58.5 Å². The molecule has 2 aromatic carbocycles. The Labute approximate surface area is 169 Å². The molecule has 1 aromatic heterocycles. The Kier molecular flexibility index (Phi) is 6.60. The van der Waals surface area contributed by atoms with Gasteiger partial charge in [0.1, 0.15) is 0 Å². The topological polar surface area (TPSA) is 79.8 Å². The van der Waals surface area contributed by atoms with E-state index in [4.69, 9.17) is 23.2 Å². The fourth-order valence-electron chi connectivity index (χ4n) is 2.41. The van der Waals surface area contributed by atoms with Crippen LogP contribution in [0.5, 0.6) is 0 Å². The molecule has 0 fully saturated rings. The maximum Gasteiger partial charge on any atom is 0.343 e. The summed E-state index contributed by atoms with van der Waals surface area (Å²) in [6, 6.07) is 14.7. The van der Waals surface area contributed by atoms with Gasteiger partial charge in [0.15, 0.2) is 5.16 Å². The van der Waals surface area contributed by atoms with E-state index in [1.165, 1.54) is 16.3 Å². The van der Waals surface area contributed by atoms with Crippen molar-refractivity contribution in [2.45, 2.75) is 18.1 Å². The van der Waals surface area contributed by atoms with Crippen molar-refractivity contribution in [2.24, 2.45) is 0 Å². The van der Waals surface area contributed by atoms with Crippen molar-refractivity contribution in [3.05, 3.63) is 74.6 Å². The number of hydrogen-bond donors (Lipinski definition) is 2. The number of amides is 1. The summed E-state index contributed by atoms with van der Waals surface area (Å²) in [7, 11) is 0. The van der Waals surface area contributed by atoms with Crippen LogP contribution in [-0.4, -0.2) is 26.4 Å². The first-order valence-electron chi connectivity index (χ1n) is 8.10. The van der Waals surface area contributed by atoms with Crippen LogP contribution in [0, 0.1) is 0 Å². The molecule has 0 bridgehead atoms. The molecule has 0 aliphatic rings. The zero-order valence-electron chi connectivity index (χ0n) is 14.1. The molecule has 0 spiro atoms. The number of nitrogens with zero attached hydrogens (tertiary/aromatic N) is 2. The third kappa shape index (κ3) is 5.38. The van der Waals surface area contributed by atoms with E-state index in [1.807, 2.05) is 30.3 Å². The van der Waals surface area contributed by atoms with Gasteiger partial charge in [0.25, 0.3) is 0 Å². The van der Waals surface area contributed by atoms with Gasteiger partial charge in [-0.3, -0.25) is 9.36 Å². The van der Waals surface area contributed by atoms with Gasteiger partial charge in [0.2, 0.25) is 5.91 Å². The number of nitrogens with one attached hydrogen (secondary N) is 2. The summed E-state index contributed by atoms with van der Waals surface area (Å²) in [6.07, 6.45) is 0.693. The molecule has 27 heavy (non-hydrogen) atoms. The molecule has 0 aliphatic heterocycles. The molecule has 0 aliphatic carbocycles. The van der Waals surface area contributed by atoms with E-state index in [0.717, 1.165) is 5.56 Å². The molecule has 9 heteroatoms. The zero-order valence-corrected chi connectivity index (χ0v) is 16.4. The number of benzene rings is 2. The Balaban J connectivity index is 1.60. The van der Waals surface area contributed by atoms with Gasteiger partial charge in [-0.15, -0.1) is 5.10 Å². The molecule has 3 rings (SSSR count). The summed E-state index contributed by atoms with van der Waals surface area (Å²) in [4.78, 5) is 24.2. The number of aryl methyl sites for hydroxylation is 1. The number of rotatable bonds is 7. The Morgan fingerprint density at radius 3 is 2.74 bits per heavy atom. The minimum absolute atomic E-state index is 0.0818. The molecule has 2 N–H and O–H groups in total. The molecule has 1 heterocycles. The smallest absolute Gasteiger partial charge is 0.324 e. The number of carbonyl (C=O) groups excluding carboxylic acids is 1. The van der Waals surface area contributed by atoms with Crippen LogP contribution < -0.4 is 11.0 Å². The van der Waals surface area contributed by atoms with Gasteiger partial charge < -0.3 is 5.32 Å². The summed E-state index contributed by atoms with van der Waals surface area (Å²) >= 11 is 13.1. The zero-order chi connectivity index (χ0) is 19.2. The highest BCUT2D eigenvalue weighted by molar-refractivity contribution is 7.99. The van der Waals surface area contributed by atoms with E-state index in [0.29, 0.717) is 33.9 Å². The first-order valence-corrected chi connectivity index (χ1v) is 9.84. The number of aromatic amines is 1. The maximum atomic E-state index is 12.2. The van der Waals surface area contributed by atoms with Gasteiger partial charge in [-0.25, -0.2) is 9.89 Å². The average Bonchev–Trinajstić information content (AvgIpc) is 3.02. The molecule has 0 unspecified atom stereocenters. The van der Waals surface area contributed by atoms with Gasteiger partial charge in [0.05, 0.1) is 16.5 Å². The number of anilines is 1. The summed E-state index contributed by atoms with van der Waals surface area (Å²) in [5.74, 6) is -0.187. The number of thioether (sulfide) groups is 1. The summed E-state index contributed by atoms with van der Waals surface area (Å²) in [5.41, 5.74) is 1.26. The highest BCUT2D eigenvalue weighted by Gasteiger charge is 2.13. The number of halogens is 2. The van der Waals surface area contributed by atoms with Gasteiger partial charge in [0, 0.05) is 11.6 Å². The fraction of sp³-hybridized carbons (Fsp3) is 0.167. The van der Waals surface area contributed by atoms with E-state index < -0.39 is 0 Å². The van der Waals surface area contributed by atoms with Crippen LogP contribution in [0.4, 0.5) is 5.69 Å². The second kappa shape index (κ2) is 9.12. The minimum atomic E-state index is -0.299. The van der Waals surface area contributed by atoms with Crippen molar-refractivity contribution in [1.29, 1.82) is 0 Å². The molecular weight excluding hydrogens is 407 g/mol. The lowest BCUT2D eigenvalue weighted by Crippen LogP contribution is -2.20. The molecule has 0 radical (unpaired) electrons. The highest BCUT2D eigenvalue weighted by atomic mass is 35.5. The molecule has 6 nitrogen and oxygen atoms in total. The predicted molar refractivity (Wildman–Crippen MR) is 109 cm³/mol. The maximum absolute atomic E-state index is 12.2. The van der Waals surface area contributed by atoms with E-state index in [1.54, 1.807) is 18.2 Å². The lowest BCUT2D eigenvalue weighted by atomic mass is 10.1. The van der Waals surface area contributed by atoms with Crippen molar-refractivity contribution in [3.8, 4) is 0 Å². The van der Waals surface area contributed by atoms with Gasteiger partial charge >= 0.3 is 5.69 Å². The van der Waals surface area contributed by atoms with Crippen LogP contribution >= 0.6 is 35.0 Å². The summed E-state index contributed by atoms with van der Waals surface area (Å²) < 4.78 is 1.53. The molecular formula is C18H16Cl2N4O2S. The van der Waals surface area contributed by atoms with Crippen LogP contribution in [0.3, 0.4) is 0 Å². The quantitative estimate of drug-likeness (QED) is 0.566. The van der Waals surface area contributed by atoms with E-state index >= 15 is 0 Å². The van der Waals surface area contributed by atoms with Crippen molar-refractivity contribution in [3.63, 3.8) is 0 Å². The third-order valence-electron chi connectivity index (χ3n) is 3.73. The van der Waals surface area contributed by atoms with Crippen molar-refractivity contribution in [2.75, 3.05) is 11.1 Å². The molecule has 3 aromatic rings. The first-order chi connectivity index (χ1) is 13.0. The number of aromatic nitrogens is 3. The van der Waals surface area contributed by atoms with Gasteiger partial charge in [-0.05, 0) is 30.2 Å². The van der Waals surface area contributed by atoms with Gasteiger partial charge in [-0.1, -0.05) is 65.3 Å². The highest BCUT2D eigenvalue weighted by Crippen LogP contribution is 2.25. The van der Waals surface area contributed by atoms with E-state index in [9.17, 15) is 9.59 Å². The first kappa shape index (κ1) is 19.5. The summed E-state index contributed by atoms with van der Waals surface area (Å²) in [5, 5.41) is 10.5. The Bertz CT molecular complexity index is 989. The second-order valence-electron chi connectivity index (χ2n) is 5.66. The van der Waals surface area contributed by atoms with E-state index in [-0.39, 0.29) is 17.3 Å². The van der Waals surface area contributed by atoms with E-state index in [2.05, 4.69) is 15.5 Å². The Hall–Kier alpha value is -2.22. The van der Waals surface area contributed by atoms with Crippen LogP contribution in [0.2, 0.25) is 10.0 Å². The van der Waals surface area contributed by atoms with Crippen molar-refractivity contribution >= 4 is 46.6 Å². The van der Waals surface area contributed by atoms with Gasteiger partial charge in [-0.2, -0.15) is 0 Å². The standard InChI is InChI=1S/C18H16Cl2N4O2S/c19-13-6-7-14(20)15(10-13)21-16(25)11-27-18-23-22-17(26)24(18)9-8-12-4-2-1-3-5-12/h1-7,10H,8-9,11H2,(H,21,25)(H,22,26).